The molecule has 4 aliphatic rings. The number of nitrogens with one attached hydrogen (secondary N) is 1. The van der Waals surface area contributed by atoms with Crippen LogP contribution in [-0.2, 0) is 11.3 Å². The van der Waals surface area contributed by atoms with E-state index in [1.54, 1.807) is 0 Å². The van der Waals surface area contributed by atoms with Gasteiger partial charge in [-0.15, -0.1) is 0 Å². The molecule has 0 aromatic carbocycles. The van der Waals surface area contributed by atoms with Gasteiger partial charge in [-0.05, 0) is 68.4 Å². The lowest BCUT2D eigenvalue weighted by Crippen LogP contribution is -2.53. The van der Waals surface area contributed by atoms with Crippen LogP contribution in [0.25, 0.3) is 5.52 Å². The van der Waals surface area contributed by atoms with E-state index in [4.69, 9.17) is 0 Å². The van der Waals surface area contributed by atoms with Gasteiger partial charge in [-0.25, -0.2) is 4.52 Å². The van der Waals surface area contributed by atoms with Crippen molar-refractivity contribution in [3.05, 3.63) is 36.2 Å². The Morgan fingerprint density at radius 1 is 1.17 bits per heavy atom. The molecule has 0 atom stereocenters. The number of rotatable bonds is 3. The topological polar surface area (TPSA) is 46.4 Å². The molecule has 4 saturated carbocycles. The van der Waals surface area contributed by atoms with E-state index in [1.807, 2.05) is 29.0 Å². The van der Waals surface area contributed by atoms with Crippen molar-refractivity contribution in [2.75, 3.05) is 0 Å². The first-order valence-electron chi connectivity index (χ1n) is 8.91. The fourth-order valence-electron chi connectivity index (χ4n) is 5.88. The lowest BCUT2D eigenvalue weighted by atomic mass is 9.49. The van der Waals surface area contributed by atoms with Gasteiger partial charge in [-0.1, -0.05) is 6.07 Å². The van der Waals surface area contributed by atoms with Crippen LogP contribution in [0.5, 0.6) is 0 Å². The number of nitrogens with zero attached hydrogens (tertiary/aromatic N) is 2. The smallest absolute Gasteiger partial charge is 0.226 e. The van der Waals surface area contributed by atoms with Crippen LogP contribution in [0.3, 0.4) is 0 Å². The van der Waals surface area contributed by atoms with Gasteiger partial charge in [-0.3, -0.25) is 4.79 Å². The summed E-state index contributed by atoms with van der Waals surface area (Å²) in [5, 5.41) is 7.60. The predicted octanol–water partition coefficient (Wildman–Crippen LogP) is 3.17. The molecule has 1 amide bonds. The van der Waals surface area contributed by atoms with E-state index in [0.29, 0.717) is 12.5 Å². The van der Waals surface area contributed by atoms with Crippen LogP contribution >= 0.6 is 0 Å². The second-order valence-electron chi connectivity index (χ2n) is 8.08. The molecule has 23 heavy (non-hydrogen) atoms. The van der Waals surface area contributed by atoms with Crippen LogP contribution < -0.4 is 5.32 Å². The molecule has 4 nitrogen and oxygen atoms in total. The van der Waals surface area contributed by atoms with Gasteiger partial charge in [0.1, 0.15) is 0 Å². The molecule has 0 aliphatic heterocycles. The highest BCUT2D eigenvalue weighted by Gasteiger charge is 2.54. The third kappa shape index (κ3) is 2.11. The first-order valence-corrected chi connectivity index (χ1v) is 8.91. The van der Waals surface area contributed by atoms with Crippen LogP contribution in [0, 0.1) is 23.2 Å². The lowest BCUT2D eigenvalue weighted by Gasteiger charge is -2.55. The fourth-order valence-corrected chi connectivity index (χ4v) is 5.88. The minimum atomic E-state index is -0.0578. The Bertz CT molecular complexity index is 728. The van der Waals surface area contributed by atoms with Crippen molar-refractivity contribution in [1.29, 1.82) is 0 Å². The monoisotopic (exact) mass is 309 g/mol. The summed E-state index contributed by atoms with van der Waals surface area (Å²) in [6, 6.07) is 6.04. The van der Waals surface area contributed by atoms with E-state index in [0.717, 1.165) is 48.1 Å². The highest BCUT2D eigenvalue weighted by molar-refractivity contribution is 5.83. The number of fused-ring (bicyclic) bond motifs is 1. The van der Waals surface area contributed by atoms with E-state index in [1.165, 1.54) is 19.3 Å². The van der Waals surface area contributed by atoms with Crippen LogP contribution in [0.15, 0.2) is 30.6 Å². The summed E-state index contributed by atoms with van der Waals surface area (Å²) < 4.78 is 1.87. The number of pyridine rings is 1. The summed E-state index contributed by atoms with van der Waals surface area (Å²) in [5.41, 5.74) is 2.12. The minimum absolute atomic E-state index is 0.0578. The summed E-state index contributed by atoms with van der Waals surface area (Å²) in [7, 11) is 0. The van der Waals surface area contributed by atoms with Crippen molar-refractivity contribution < 1.29 is 4.79 Å². The zero-order valence-corrected chi connectivity index (χ0v) is 13.4. The van der Waals surface area contributed by atoms with Crippen molar-refractivity contribution in [2.45, 2.75) is 45.1 Å². The Morgan fingerprint density at radius 2 is 1.87 bits per heavy atom. The van der Waals surface area contributed by atoms with Gasteiger partial charge < -0.3 is 5.32 Å². The molecular formula is C19H23N3O. The van der Waals surface area contributed by atoms with Crippen LogP contribution in [0.2, 0.25) is 0 Å². The molecular weight excluding hydrogens is 286 g/mol. The number of carbonyl (C=O) groups excluding carboxylic acids is 1. The number of carbonyl (C=O) groups is 1. The maximum Gasteiger partial charge on any atom is 0.226 e. The molecule has 0 unspecified atom stereocenters. The Kier molecular flexibility index (Phi) is 2.85. The van der Waals surface area contributed by atoms with E-state index in [2.05, 4.69) is 16.5 Å². The first kappa shape index (κ1) is 13.6. The molecule has 0 radical (unpaired) electrons. The van der Waals surface area contributed by atoms with Crippen LogP contribution in [-0.4, -0.2) is 15.5 Å². The summed E-state index contributed by atoms with van der Waals surface area (Å²) in [5.74, 6) is 2.73. The van der Waals surface area contributed by atoms with Gasteiger partial charge in [0.2, 0.25) is 5.91 Å². The third-order valence-corrected chi connectivity index (χ3v) is 6.47. The van der Waals surface area contributed by atoms with Crippen molar-refractivity contribution >= 4 is 11.4 Å². The zero-order valence-electron chi connectivity index (χ0n) is 13.4. The molecule has 2 aromatic rings. The van der Waals surface area contributed by atoms with Gasteiger partial charge in [0, 0.05) is 23.7 Å². The molecule has 2 heterocycles. The molecule has 0 saturated heterocycles. The van der Waals surface area contributed by atoms with Gasteiger partial charge in [0.25, 0.3) is 0 Å². The summed E-state index contributed by atoms with van der Waals surface area (Å²) in [6.07, 6.45) is 11.3. The van der Waals surface area contributed by atoms with E-state index < -0.39 is 0 Å². The molecule has 4 heteroatoms. The Labute approximate surface area is 136 Å². The number of hydrogen-bond acceptors (Lipinski definition) is 2. The van der Waals surface area contributed by atoms with Gasteiger partial charge in [0.15, 0.2) is 0 Å². The molecule has 4 fully saturated rings. The predicted molar refractivity (Wildman–Crippen MR) is 87.6 cm³/mol. The minimum Gasteiger partial charge on any atom is -0.351 e. The summed E-state index contributed by atoms with van der Waals surface area (Å²) >= 11 is 0. The molecule has 0 spiro atoms. The standard InChI is InChI=1S/C19H23N3O/c23-18(19-8-13-5-14(9-19)7-15(6-13)10-19)20-11-16-12-21-22-4-2-1-3-17(16)22/h1-4,12-15H,5-11H2,(H,20,23). The Morgan fingerprint density at radius 3 is 2.57 bits per heavy atom. The second-order valence-corrected chi connectivity index (χ2v) is 8.08. The largest absolute Gasteiger partial charge is 0.351 e. The fraction of sp³-hybridized carbons (Fsp3) is 0.579. The van der Waals surface area contributed by atoms with Gasteiger partial charge >= 0.3 is 0 Å². The number of hydrogen-bond donors (Lipinski definition) is 1. The normalized spacial score (nSPS) is 34.9. The number of aromatic nitrogens is 2. The molecule has 2 aromatic heterocycles. The van der Waals surface area contributed by atoms with Crippen molar-refractivity contribution in [3.8, 4) is 0 Å². The van der Waals surface area contributed by atoms with Gasteiger partial charge in [-0.2, -0.15) is 5.10 Å². The van der Waals surface area contributed by atoms with Gasteiger partial charge in [0.05, 0.1) is 11.7 Å². The maximum absolute atomic E-state index is 13.0. The average molecular weight is 309 g/mol. The number of amides is 1. The molecule has 4 bridgehead atoms. The highest BCUT2D eigenvalue weighted by Crippen LogP contribution is 2.60. The van der Waals surface area contributed by atoms with E-state index in [-0.39, 0.29) is 5.41 Å². The lowest BCUT2D eigenvalue weighted by molar-refractivity contribution is -0.146. The second kappa shape index (κ2) is 4.83. The Balaban J connectivity index is 1.34. The van der Waals surface area contributed by atoms with Crippen LogP contribution in [0.4, 0.5) is 0 Å². The highest BCUT2D eigenvalue weighted by atomic mass is 16.2. The SMILES string of the molecule is O=C(NCc1cnn2ccccc12)C12CC3CC(CC(C3)C1)C2. The quantitative estimate of drug-likeness (QED) is 0.946. The molecule has 4 aliphatic carbocycles. The van der Waals surface area contributed by atoms with Crippen molar-refractivity contribution in [1.82, 2.24) is 14.9 Å². The van der Waals surface area contributed by atoms with E-state index in [9.17, 15) is 4.79 Å². The molecule has 120 valence electrons. The third-order valence-electron chi connectivity index (χ3n) is 6.47. The maximum atomic E-state index is 13.0. The zero-order chi connectivity index (χ0) is 15.4. The van der Waals surface area contributed by atoms with Crippen molar-refractivity contribution in [2.24, 2.45) is 23.2 Å². The summed E-state index contributed by atoms with van der Waals surface area (Å²) in [4.78, 5) is 13.0. The van der Waals surface area contributed by atoms with Crippen LogP contribution in [0.1, 0.15) is 44.1 Å². The van der Waals surface area contributed by atoms with E-state index >= 15 is 0 Å². The average Bonchev–Trinajstić information content (AvgIpc) is 2.94. The Hall–Kier alpha value is -1.84. The molecule has 1 N–H and O–H groups in total. The molecule has 6 rings (SSSR count). The summed E-state index contributed by atoms with van der Waals surface area (Å²) in [6.45, 7) is 0.591. The van der Waals surface area contributed by atoms with Crippen molar-refractivity contribution in [3.63, 3.8) is 0 Å². The first-order chi connectivity index (χ1) is 11.2.